The molecule has 0 aliphatic carbocycles. The molecule has 1 heterocycles. The molecule has 0 aliphatic heterocycles. The minimum Gasteiger partial charge on any atom is -0.463 e. The summed E-state index contributed by atoms with van der Waals surface area (Å²) in [7, 11) is -7.00. The van der Waals surface area contributed by atoms with Crippen molar-refractivity contribution < 1.29 is 32.1 Å². The Kier molecular flexibility index (Phi) is 13.0. The average molecular weight is 655 g/mol. The lowest BCUT2D eigenvalue weighted by atomic mass is 10.0. The maximum Gasteiger partial charge on any atom is 0.310 e. The summed E-state index contributed by atoms with van der Waals surface area (Å²) in [6.07, 6.45) is 1.45. The van der Waals surface area contributed by atoms with Crippen LogP contribution in [0.2, 0.25) is 78.6 Å². The highest BCUT2D eigenvalue weighted by atomic mass is 28.4. The van der Waals surface area contributed by atoms with E-state index in [2.05, 4.69) is 88.7 Å². The van der Waals surface area contributed by atoms with Gasteiger partial charge in [-0.25, -0.2) is 0 Å². The number of benzene rings is 1. The Hall–Kier alpha value is -1.59. The second-order valence-corrected chi connectivity index (χ2v) is 32.4. The van der Waals surface area contributed by atoms with Gasteiger partial charge in [-0.15, -0.1) is 0 Å². The molecule has 0 saturated heterocycles. The van der Waals surface area contributed by atoms with Crippen LogP contribution in [0.25, 0.3) is 10.9 Å². The smallest absolute Gasteiger partial charge is 0.310 e. The third-order valence-corrected chi connectivity index (χ3v) is 9.67. The highest BCUT2D eigenvalue weighted by Gasteiger charge is 2.44. The van der Waals surface area contributed by atoms with Gasteiger partial charge in [-0.3, -0.25) is 4.79 Å². The second kappa shape index (κ2) is 14.9. The largest absolute Gasteiger partial charge is 0.463 e. The Morgan fingerprint density at radius 3 is 1.90 bits per heavy atom. The number of hydrogen-bond acceptors (Lipinski definition) is 8. The Bertz CT molecular complexity index is 1160. The molecule has 2 aromatic rings. The summed E-state index contributed by atoms with van der Waals surface area (Å²) in [5.74, 6) is -0.325. The average Bonchev–Trinajstić information content (AvgIpc) is 3.22. The maximum absolute atomic E-state index is 13.2. The number of rotatable bonds is 17. The first kappa shape index (κ1) is 36.6. The van der Waals surface area contributed by atoms with E-state index in [0.717, 1.165) is 16.5 Å². The number of hydrogen-bond donors (Lipinski definition) is 1. The Morgan fingerprint density at radius 1 is 0.810 bits per heavy atom. The summed E-state index contributed by atoms with van der Waals surface area (Å²) >= 11 is 0. The number of nitrogens with one attached hydrogen (secondary N) is 1. The third kappa shape index (κ3) is 13.4. The number of ether oxygens (including phenoxy) is 1. The van der Waals surface area contributed by atoms with Gasteiger partial charge in [-0.05, 0) is 90.2 Å². The highest BCUT2D eigenvalue weighted by Crippen LogP contribution is 2.28. The molecule has 1 aromatic carbocycles. The van der Waals surface area contributed by atoms with Gasteiger partial charge in [-0.2, -0.15) is 0 Å². The molecule has 0 amide bonds. The Balaban J connectivity index is 2.49. The molecule has 0 bridgehead atoms. The molecule has 9 nitrogen and oxygen atoms in total. The number of carbonyl (C=O) groups excluding carboxylic acids is 1. The van der Waals surface area contributed by atoms with Crippen molar-refractivity contribution >= 4 is 56.4 Å². The van der Waals surface area contributed by atoms with Gasteiger partial charge in [0, 0.05) is 17.1 Å². The van der Waals surface area contributed by atoms with E-state index in [4.69, 9.17) is 27.3 Å². The molecule has 0 radical (unpaired) electrons. The van der Waals surface area contributed by atoms with Crippen LogP contribution < -0.4 is 0 Å². The molecule has 0 fully saturated rings. The number of nitrogens with zero attached hydrogens (tertiary/aromatic N) is 1. The number of H-pyrrole nitrogens is 1. The Morgan fingerprint density at radius 2 is 1.36 bits per heavy atom. The fraction of sp³-hybridized carbons (Fsp3) is 0.655. The molecule has 0 aliphatic rings. The molecule has 0 unspecified atom stereocenters. The van der Waals surface area contributed by atoms with Crippen molar-refractivity contribution in [1.29, 1.82) is 0 Å². The van der Waals surface area contributed by atoms with Crippen molar-refractivity contribution in [3.63, 3.8) is 0 Å². The second-order valence-electron chi connectivity index (χ2n) is 14.5. The molecule has 1 aromatic heterocycles. The van der Waals surface area contributed by atoms with Crippen molar-refractivity contribution in [1.82, 2.24) is 4.98 Å². The number of fused-ring (bicyclic) bond motifs is 1. The van der Waals surface area contributed by atoms with Crippen LogP contribution in [-0.2, 0) is 38.5 Å². The first-order valence-electron chi connectivity index (χ1n) is 14.7. The van der Waals surface area contributed by atoms with Crippen LogP contribution in [0, 0.1) is 0 Å². The van der Waals surface area contributed by atoms with E-state index >= 15 is 0 Å². The van der Waals surface area contributed by atoms with Crippen molar-refractivity contribution in [2.75, 3.05) is 13.7 Å². The van der Waals surface area contributed by atoms with E-state index < -0.39 is 57.7 Å². The molecule has 238 valence electrons. The number of aromatic nitrogens is 1. The first-order valence-corrected chi connectivity index (χ1v) is 28.3. The monoisotopic (exact) mass is 654 g/mol. The van der Waals surface area contributed by atoms with Crippen LogP contribution in [0.5, 0.6) is 0 Å². The van der Waals surface area contributed by atoms with Gasteiger partial charge in [0.15, 0.2) is 33.3 Å². The van der Waals surface area contributed by atoms with E-state index in [0.29, 0.717) is 0 Å². The van der Waals surface area contributed by atoms with Crippen LogP contribution in [0.1, 0.15) is 5.56 Å². The number of esters is 1. The van der Waals surface area contributed by atoms with Crippen molar-refractivity contribution in [2.24, 2.45) is 5.16 Å². The number of oxime groups is 1. The van der Waals surface area contributed by atoms with E-state index in [1.54, 1.807) is 6.21 Å². The number of para-hydroxylation sites is 1. The van der Waals surface area contributed by atoms with Crippen LogP contribution in [-0.4, -0.2) is 88.6 Å². The van der Waals surface area contributed by atoms with Gasteiger partial charge in [0.2, 0.25) is 0 Å². The van der Waals surface area contributed by atoms with Gasteiger partial charge >= 0.3 is 5.97 Å². The summed E-state index contributed by atoms with van der Waals surface area (Å²) in [6.45, 7) is 25.6. The minimum atomic E-state index is -2.16. The highest BCUT2D eigenvalue weighted by molar-refractivity contribution is 6.71. The Labute approximate surface area is 257 Å². The fourth-order valence-electron chi connectivity index (χ4n) is 4.51. The molecule has 0 spiro atoms. The molecule has 1 N–H and O–H groups in total. The van der Waals surface area contributed by atoms with Gasteiger partial charge in [-0.1, -0.05) is 23.4 Å². The first-order chi connectivity index (χ1) is 19.2. The minimum absolute atomic E-state index is 0.0350. The third-order valence-electron chi connectivity index (χ3n) is 5.72. The predicted molar refractivity (Wildman–Crippen MR) is 181 cm³/mol. The zero-order chi connectivity index (χ0) is 31.9. The molecule has 42 heavy (non-hydrogen) atoms. The fourth-order valence-corrected chi connectivity index (χ4v) is 8.82. The van der Waals surface area contributed by atoms with Crippen molar-refractivity contribution in [3.05, 3.63) is 36.0 Å². The summed E-state index contributed by atoms with van der Waals surface area (Å²) in [5.41, 5.74) is 1.88. The quantitative estimate of drug-likeness (QED) is 0.0870. The van der Waals surface area contributed by atoms with Gasteiger partial charge in [0.05, 0.1) is 12.6 Å². The maximum atomic E-state index is 13.2. The van der Waals surface area contributed by atoms with Gasteiger partial charge in [0.1, 0.15) is 38.1 Å². The van der Waals surface area contributed by atoms with Crippen LogP contribution >= 0.6 is 0 Å². The molecule has 13 heteroatoms. The summed E-state index contributed by atoms with van der Waals surface area (Å²) in [4.78, 5) is 21.5. The summed E-state index contributed by atoms with van der Waals surface area (Å²) < 4.78 is 33.1. The molecule has 0 saturated carbocycles. The van der Waals surface area contributed by atoms with Crippen LogP contribution in [0.15, 0.2) is 35.6 Å². The SMILES string of the molecule is CO/N=C/[C@H](O[Si](C)(C)C)[C@@H](O[Si](C)(C)C)[C@H](O[Si](C)(C)C)[C@@H](COC(=O)Cc1c[nH]c2ccccc12)O[Si](C)(C)C. The molecule has 2 rings (SSSR count). The van der Waals surface area contributed by atoms with Gasteiger partial charge in [0.25, 0.3) is 0 Å². The van der Waals surface area contributed by atoms with E-state index in [1.165, 1.54) is 7.11 Å². The number of carbonyl (C=O) groups is 1. The topological polar surface area (TPSA) is 101 Å². The van der Waals surface area contributed by atoms with Crippen molar-refractivity contribution in [2.45, 2.75) is 109 Å². The summed E-state index contributed by atoms with van der Waals surface area (Å²) in [6, 6.07) is 7.92. The van der Waals surface area contributed by atoms with Crippen molar-refractivity contribution in [3.8, 4) is 0 Å². The van der Waals surface area contributed by atoms with E-state index in [-0.39, 0.29) is 19.0 Å². The predicted octanol–water partition coefficient (Wildman–Crippen LogP) is 6.77. The van der Waals surface area contributed by atoms with Gasteiger partial charge < -0.3 is 32.3 Å². The lowest BCUT2D eigenvalue weighted by Gasteiger charge is -2.44. The molecular formula is C29H54N2O7Si4. The zero-order valence-corrected chi connectivity index (χ0v) is 32.0. The standard InChI is InChI=1S/C29H54N2O7Si4/c1-33-31-20-25(35-39(2,3)4)28(37-41(8,9)10)29(38-42(11,12)13)26(36-40(5,6)7)21-34-27(32)18-22-19-30-24-17-15-14-16-23(22)24/h14-17,19-20,25-26,28-30H,18,21H2,1-13H3/b31-20+/t25-,26+,28+,29+/m0/s1. The molecule has 4 atom stereocenters. The van der Waals surface area contributed by atoms with E-state index in [9.17, 15) is 4.79 Å². The lowest BCUT2D eigenvalue weighted by Crippen LogP contribution is -2.59. The normalized spacial score (nSPS) is 16.4. The molecular weight excluding hydrogens is 601 g/mol. The lowest BCUT2D eigenvalue weighted by molar-refractivity contribution is -0.149. The van der Waals surface area contributed by atoms with E-state index in [1.807, 2.05) is 30.5 Å². The number of aromatic amines is 1. The summed E-state index contributed by atoms with van der Waals surface area (Å²) in [5, 5.41) is 5.11. The zero-order valence-electron chi connectivity index (χ0n) is 28.0. The van der Waals surface area contributed by atoms with Crippen LogP contribution in [0.4, 0.5) is 0 Å². The van der Waals surface area contributed by atoms with Crippen LogP contribution in [0.3, 0.4) is 0 Å².